The molecule has 1 unspecified atom stereocenters. The molecule has 2 N–H and O–H groups in total. The summed E-state index contributed by atoms with van der Waals surface area (Å²) in [6.07, 6.45) is 0. The summed E-state index contributed by atoms with van der Waals surface area (Å²) < 4.78 is 5.03. The average molecular weight is 425 g/mol. The van der Waals surface area contributed by atoms with Crippen molar-refractivity contribution in [3.8, 4) is 0 Å². The van der Waals surface area contributed by atoms with Gasteiger partial charge in [-0.15, -0.1) is 11.3 Å². The lowest BCUT2D eigenvalue weighted by Crippen LogP contribution is -2.39. The summed E-state index contributed by atoms with van der Waals surface area (Å²) in [7, 11) is 3.38. The molecule has 4 rings (SSSR count). The molecule has 1 atom stereocenters. The molecule has 0 saturated heterocycles. The summed E-state index contributed by atoms with van der Waals surface area (Å²) in [5.74, 6) is -0.646. The third kappa shape index (κ3) is 3.40. The number of thiophene rings is 1. The highest BCUT2D eigenvalue weighted by molar-refractivity contribution is 7.15. The minimum atomic E-state index is -0.519. The number of nitrogens with one attached hydrogen (secondary N) is 2. The van der Waals surface area contributed by atoms with Crippen LogP contribution in [0.15, 0.2) is 46.1 Å². The van der Waals surface area contributed by atoms with Crippen LogP contribution < -0.4 is 10.7 Å². The molecule has 1 aromatic carbocycles. The van der Waals surface area contributed by atoms with Crippen molar-refractivity contribution in [1.82, 2.24) is 10.4 Å². The lowest BCUT2D eigenvalue weighted by molar-refractivity contribution is 0.0532. The van der Waals surface area contributed by atoms with E-state index < -0.39 is 18.0 Å². The molecule has 9 nitrogen and oxygen atoms in total. The van der Waals surface area contributed by atoms with Crippen molar-refractivity contribution in [2.75, 3.05) is 26.0 Å². The number of nitrogens with zero attached hydrogens (tertiary/aromatic N) is 3. The van der Waals surface area contributed by atoms with Gasteiger partial charge in [0.1, 0.15) is 16.6 Å². The van der Waals surface area contributed by atoms with Gasteiger partial charge in [-0.25, -0.2) is 14.6 Å². The topological polar surface area (TPSA) is 112 Å². The quantitative estimate of drug-likeness (QED) is 0.561. The number of benzene rings is 1. The summed E-state index contributed by atoms with van der Waals surface area (Å²) in [6.45, 7) is 2.03. The van der Waals surface area contributed by atoms with E-state index in [0.717, 1.165) is 0 Å². The Labute approximate surface area is 176 Å². The van der Waals surface area contributed by atoms with Gasteiger partial charge in [-0.2, -0.15) is 10.2 Å². The van der Waals surface area contributed by atoms with Gasteiger partial charge in [0.2, 0.25) is 0 Å². The Bertz CT molecular complexity index is 1120. The molecule has 154 valence electrons. The van der Waals surface area contributed by atoms with Crippen LogP contribution in [0.3, 0.4) is 0 Å². The number of rotatable bonds is 5. The van der Waals surface area contributed by atoms with Crippen molar-refractivity contribution in [3.05, 3.63) is 56.8 Å². The average Bonchev–Trinajstić information content (AvgIpc) is 3.38. The van der Waals surface area contributed by atoms with E-state index in [1.54, 1.807) is 51.4 Å². The summed E-state index contributed by atoms with van der Waals surface area (Å²) in [5.41, 5.74) is 4.99. The van der Waals surface area contributed by atoms with Crippen molar-refractivity contribution >= 4 is 40.5 Å². The van der Waals surface area contributed by atoms with Crippen LogP contribution in [-0.4, -0.2) is 43.5 Å². The third-order valence-electron chi connectivity index (χ3n) is 4.55. The van der Waals surface area contributed by atoms with Crippen LogP contribution in [0.5, 0.6) is 0 Å². The Balaban J connectivity index is 1.69. The van der Waals surface area contributed by atoms with E-state index in [4.69, 9.17) is 4.74 Å². The van der Waals surface area contributed by atoms with Crippen LogP contribution in [0.4, 0.5) is 10.5 Å². The van der Waals surface area contributed by atoms with E-state index in [1.165, 1.54) is 16.3 Å². The van der Waals surface area contributed by atoms with Crippen molar-refractivity contribution in [1.29, 1.82) is 0 Å². The van der Waals surface area contributed by atoms with Gasteiger partial charge in [0, 0.05) is 14.1 Å². The molecule has 2 aliphatic rings. The Kier molecular flexibility index (Phi) is 5.18. The predicted octanol–water partition coefficient (Wildman–Crippen LogP) is 3.64. The van der Waals surface area contributed by atoms with Gasteiger partial charge < -0.3 is 10.1 Å². The number of hydrogen-bond acceptors (Lipinski definition) is 8. The van der Waals surface area contributed by atoms with Crippen molar-refractivity contribution in [3.63, 3.8) is 0 Å². The Morgan fingerprint density at radius 1 is 1.23 bits per heavy atom. The van der Waals surface area contributed by atoms with E-state index >= 15 is 0 Å². The van der Waals surface area contributed by atoms with Crippen LogP contribution in [0, 0.1) is 0 Å². The molecule has 1 aliphatic heterocycles. The molecule has 0 radical (unpaired) electrons. The zero-order valence-corrected chi connectivity index (χ0v) is 17.4. The number of anilines is 1. The molecule has 2 aromatic rings. The molecular formula is C20H19N5O4S. The van der Waals surface area contributed by atoms with Gasteiger partial charge >= 0.3 is 12.0 Å². The third-order valence-corrected chi connectivity index (χ3v) is 5.63. The highest BCUT2D eigenvalue weighted by atomic mass is 32.1. The van der Waals surface area contributed by atoms with Crippen LogP contribution in [0.1, 0.15) is 43.4 Å². The summed E-state index contributed by atoms with van der Waals surface area (Å²) in [4.78, 5) is 38.5. The first-order valence-electron chi connectivity index (χ1n) is 9.25. The van der Waals surface area contributed by atoms with E-state index in [-0.39, 0.29) is 12.4 Å². The van der Waals surface area contributed by atoms with Crippen LogP contribution >= 0.6 is 11.3 Å². The number of Topliss-reactive ketones (excluding diaryl/α,β-unsaturated/α-hetero) is 1. The first-order chi connectivity index (χ1) is 14.4. The minimum absolute atomic E-state index is 0.234. The van der Waals surface area contributed by atoms with Crippen molar-refractivity contribution in [2.45, 2.75) is 13.0 Å². The molecule has 0 fully saturated rings. The maximum absolute atomic E-state index is 13.3. The second-order valence-electron chi connectivity index (χ2n) is 6.82. The second kappa shape index (κ2) is 7.81. The molecule has 10 heteroatoms. The standard InChI is InChI=1S/C20H19N5O4S/c1-4-29-19(27)13-9-8-12(30-13)17-15-16(22-23-17)10-6-5-7-11(14(10)18(15)26)21-20(28)24-25(2)3/h5-9,16H,4H2,1-3H3,(H2,21,24,28). The number of amides is 2. The number of fused-ring (bicyclic) bond motifs is 3. The number of carbonyl (C=O) groups is 3. The first-order valence-corrected chi connectivity index (χ1v) is 10.1. The number of ether oxygens (including phenoxy) is 1. The highest BCUT2D eigenvalue weighted by Gasteiger charge is 2.42. The van der Waals surface area contributed by atoms with Gasteiger partial charge in [-0.05, 0) is 30.7 Å². The van der Waals surface area contributed by atoms with Gasteiger partial charge in [0.15, 0.2) is 5.78 Å². The number of hydrogen-bond donors (Lipinski definition) is 2. The normalized spacial score (nSPS) is 16.7. The fourth-order valence-corrected chi connectivity index (χ4v) is 4.31. The minimum Gasteiger partial charge on any atom is -0.462 e. The van der Waals surface area contributed by atoms with Crippen molar-refractivity contribution < 1.29 is 19.1 Å². The Morgan fingerprint density at radius 2 is 2.03 bits per heavy atom. The summed E-state index contributed by atoms with van der Waals surface area (Å²) >= 11 is 1.21. The second-order valence-corrected chi connectivity index (χ2v) is 7.91. The number of urea groups is 1. The molecule has 0 bridgehead atoms. The number of ketones is 1. The van der Waals surface area contributed by atoms with E-state index in [2.05, 4.69) is 21.0 Å². The van der Waals surface area contributed by atoms with Gasteiger partial charge in [-0.3, -0.25) is 10.2 Å². The van der Waals surface area contributed by atoms with Crippen LogP contribution in [0.25, 0.3) is 5.70 Å². The number of esters is 1. The largest absolute Gasteiger partial charge is 0.462 e. The number of azo groups is 1. The molecule has 0 saturated carbocycles. The van der Waals surface area contributed by atoms with Gasteiger partial charge in [0.25, 0.3) is 0 Å². The zero-order valence-electron chi connectivity index (χ0n) is 16.6. The first kappa shape index (κ1) is 19.9. The number of carbonyl (C=O) groups excluding carboxylic acids is 3. The fraction of sp³-hybridized carbons (Fsp3) is 0.250. The molecule has 1 aromatic heterocycles. The maximum Gasteiger partial charge on any atom is 0.348 e. The molecule has 30 heavy (non-hydrogen) atoms. The molecule has 0 spiro atoms. The van der Waals surface area contributed by atoms with Gasteiger partial charge in [-0.1, -0.05) is 12.1 Å². The lowest BCUT2D eigenvalue weighted by atomic mass is 10.1. The molecular weight excluding hydrogens is 406 g/mol. The smallest absolute Gasteiger partial charge is 0.348 e. The maximum atomic E-state index is 13.3. The molecule has 1 aliphatic carbocycles. The zero-order chi connectivity index (χ0) is 21.4. The van der Waals surface area contributed by atoms with E-state index in [0.29, 0.717) is 37.8 Å². The molecule has 2 heterocycles. The SMILES string of the molecule is CCOC(=O)c1ccc(C2=C3C(=O)c4c(NC(=O)NN(C)C)cccc4C3N=N2)s1. The predicted molar refractivity (Wildman–Crippen MR) is 111 cm³/mol. The van der Waals surface area contributed by atoms with Crippen molar-refractivity contribution in [2.24, 2.45) is 10.2 Å². The van der Waals surface area contributed by atoms with E-state index in [9.17, 15) is 14.4 Å². The van der Waals surface area contributed by atoms with Crippen LogP contribution in [0.2, 0.25) is 0 Å². The lowest BCUT2D eigenvalue weighted by Gasteiger charge is -2.14. The number of hydrazine groups is 1. The fourth-order valence-electron chi connectivity index (χ4n) is 3.41. The van der Waals surface area contributed by atoms with E-state index in [1.807, 2.05) is 0 Å². The monoisotopic (exact) mass is 425 g/mol. The van der Waals surface area contributed by atoms with Gasteiger partial charge in [0.05, 0.1) is 28.3 Å². The Hall–Kier alpha value is -3.37. The summed E-state index contributed by atoms with van der Waals surface area (Å²) in [5, 5.41) is 12.7. The summed E-state index contributed by atoms with van der Waals surface area (Å²) in [6, 6.07) is 7.66. The Morgan fingerprint density at radius 3 is 2.77 bits per heavy atom. The van der Waals surface area contributed by atoms with Crippen LogP contribution in [-0.2, 0) is 4.74 Å². The molecule has 2 amide bonds. The highest BCUT2D eigenvalue weighted by Crippen LogP contribution is 2.49.